The van der Waals surface area contributed by atoms with Crippen LogP contribution in [-0.2, 0) is 0 Å². The summed E-state index contributed by atoms with van der Waals surface area (Å²) in [5, 5.41) is 3.37. The standard InChI is InChI=1S/C15H15BrFNO/c1-10(11-3-5-12(17)6-4-11)18-15-9-13(19-2)7-8-14(15)16/h3-10,18H,1-2H3. The van der Waals surface area contributed by atoms with Gasteiger partial charge in [-0.25, -0.2) is 4.39 Å². The van der Waals surface area contributed by atoms with Crippen LogP contribution >= 0.6 is 15.9 Å². The fraction of sp³-hybridized carbons (Fsp3) is 0.200. The molecule has 1 unspecified atom stereocenters. The summed E-state index contributed by atoms with van der Waals surface area (Å²) in [6, 6.07) is 12.3. The molecule has 0 saturated carbocycles. The molecule has 0 aliphatic heterocycles. The van der Waals surface area contributed by atoms with Crippen LogP contribution < -0.4 is 10.1 Å². The molecule has 0 amide bonds. The van der Waals surface area contributed by atoms with E-state index in [4.69, 9.17) is 4.74 Å². The highest BCUT2D eigenvalue weighted by Gasteiger charge is 2.08. The summed E-state index contributed by atoms with van der Waals surface area (Å²) in [5.41, 5.74) is 1.97. The topological polar surface area (TPSA) is 21.3 Å². The molecule has 19 heavy (non-hydrogen) atoms. The fourth-order valence-corrected chi connectivity index (χ4v) is 2.17. The van der Waals surface area contributed by atoms with Crippen LogP contribution in [0.2, 0.25) is 0 Å². The minimum atomic E-state index is -0.224. The van der Waals surface area contributed by atoms with Crippen molar-refractivity contribution in [2.24, 2.45) is 0 Å². The Morgan fingerprint density at radius 3 is 2.47 bits per heavy atom. The predicted octanol–water partition coefficient (Wildman–Crippen LogP) is 4.77. The third-order valence-electron chi connectivity index (χ3n) is 2.92. The van der Waals surface area contributed by atoms with Gasteiger partial charge in [0.05, 0.1) is 12.8 Å². The zero-order valence-corrected chi connectivity index (χ0v) is 12.4. The molecule has 0 aliphatic rings. The molecule has 0 aromatic heterocycles. The number of anilines is 1. The molecule has 0 heterocycles. The molecule has 4 heteroatoms. The molecule has 0 bridgehead atoms. The maximum Gasteiger partial charge on any atom is 0.123 e. The Bertz CT molecular complexity index is 557. The second-order valence-corrected chi connectivity index (χ2v) is 5.12. The van der Waals surface area contributed by atoms with Gasteiger partial charge in [0.2, 0.25) is 0 Å². The van der Waals surface area contributed by atoms with Crippen molar-refractivity contribution < 1.29 is 9.13 Å². The lowest BCUT2D eigenvalue weighted by Gasteiger charge is -2.17. The molecular formula is C15H15BrFNO. The lowest BCUT2D eigenvalue weighted by atomic mass is 10.1. The van der Waals surface area contributed by atoms with E-state index in [1.54, 1.807) is 19.2 Å². The number of hydrogen-bond acceptors (Lipinski definition) is 2. The molecule has 100 valence electrons. The molecule has 0 spiro atoms. The monoisotopic (exact) mass is 323 g/mol. The average molecular weight is 324 g/mol. The van der Waals surface area contributed by atoms with Crippen LogP contribution in [0.25, 0.3) is 0 Å². The van der Waals surface area contributed by atoms with E-state index in [9.17, 15) is 4.39 Å². The Hall–Kier alpha value is -1.55. The molecule has 2 aromatic rings. The summed E-state index contributed by atoms with van der Waals surface area (Å²) in [5.74, 6) is 0.565. The van der Waals surface area contributed by atoms with Crippen molar-refractivity contribution in [2.75, 3.05) is 12.4 Å². The van der Waals surface area contributed by atoms with E-state index in [1.807, 2.05) is 25.1 Å². The van der Waals surface area contributed by atoms with E-state index in [2.05, 4.69) is 21.2 Å². The van der Waals surface area contributed by atoms with Crippen LogP contribution in [0.1, 0.15) is 18.5 Å². The summed E-state index contributed by atoms with van der Waals surface area (Å²) in [4.78, 5) is 0. The van der Waals surface area contributed by atoms with Crippen molar-refractivity contribution in [1.82, 2.24) is 0 Å². The second kappa shape index (κ2) is 6.06. The first-order chi connectivity index (χ1) is 9.10. The Morgan fingerprint density at radius 2 is 1.84 bits per heavy atom. The number of methoxy groups -OCH3 is 1. The zero-order valence-electron chi connectivity index (χ0n) is 10.8. The molecule has 2 rings (SSSR count). The van der Waals surface area contributed by atoms with Crippen molar-refractivity contribution in [3.05, 3.63) is 58.3 Å². The molecule has 0 fully saturated rings. The SMILES string of the molecule is COc1ccc(Br)c(NC(C)c2ccc(F)cc2)c1. The summed E-state index contributed by atoms with van der Waals surface area (Å²) >= 11 is 3.49. The summed E-state index contributed by atoms with van der Waals surface area (Å²) in [6.07, 6.45) is 0. The predicted molar refractivity (Wildman–Crippen MR) is 79.1 cm³/mol. The van der Waals surface area contributed by atoms with Gasteiger partial charge in [0.1, 0.15) is 11.6 Å². The number of ether oxygens (including phenoxy) is 1. The van der Waals surface area contributed by atoms with Crippen molar-refractivity contribution in [1.29, 1.82) is 0 Å². The minimum absolute atomic E-state index is 0.0732. The minimum Gasteiger partial charge on any atom is -0.497 e. The highest BCUT2D eigenvalue weighted by molar-refractivity contribution is 9.10. The van der Waals surface area contributed by atoms with E-state index < -0.39 is 0 Å². The van der Waals surface area contributed by atoms with Crippen LogP contribution in [0.5, 0.6) is 5.75 Å². The molecule has 0 aliphatic carbocycles. The highest BCUT2D eigenvalue weighted by atomic mass is 79.9. The smallest absolute Gasteiger partial charge is 0.123 e. The van der Waals surface area contributed by atoms with E-state index in [0.29, 0.717) is 0 Å². The lowest BCUT2D eigenvalue weighted by molar-refractivity contribution is 0.415. The number of halogens is 2. The Balaban J connectivity index is 2.18. The summed E-state index contributed by atoms with van der Waals surface area (Å²) in [7, 11) is 1.64. The van der Waals surface area contributed by atoms with Gasteiger partial charge < -0.3 is 10.1 Å². The van der Waals surface area contributed by atoms with Crippen LogP contribution in [0.15, 0.2) is 46.9 Å². The van der Waals surface area contributed by atoms with Gasteiger partial charge >= 0.3 is 0 Å². The van der Waals surface area contributed by atoms with Crippen molar-refractivity contribution >= 4 is 21.6 Å². The maximum absolute atomic E-state index is 12.9. The van der Waals surface area contributed by atoms with Crippen LogP contribution in [0.4, 0.5) is 10.1 Å². The van der Waals surface area contributed by atoms with E-state index in [0.717, 1.165) is 21.5 Å². The van der Waals surface area contributed by atoms with Gasteiger partial charge in [-0.05, 0) is 52.7 Å². The van der Waals surface area contributed by atoms with Gasteiger partial charge in [-0.15, -0.1) is 0 Å². The third kappa shape index (κ3) is 3.47. The average Bonchev–Trinajstić information content (AvgIpc) is 2.42. The quantitative estimate of drug-likeness (QED) is 0.875. The van der Waals surface area contributed by atoms with Gasteiger partial charge in [-0.2, -0.15) is 0 Å². The Morgan fingerprint density at radius 1 is 1.16 bits per heavy atom. The van der Waals surface area contributed by atoms with E-state index >= 15 is 0 Å². The molecule has 0 saturated heterocycles. The lowest BCUT2D eigenvalue weighted by Crippen LogP contribution is -2.07. The molecular weight excluding hydrogens is 309 g/mol. The van der Waals surface area contributed by atoms with E-state index in [1.165, 1.54) is 12.1 Å². The van der Waals surface area contributed by atoms with Crippen LogP contribution in [0.3, 0.4) is 0 Å². The van der Waals surface area contributed by atoms with Crippen molar-refractivity contribution in [3.8, 4) is 5.75 Å². The molecule has 0 radical (unpaired) electrons. The van der Waals surface area contributed by atoms with Crippen LogP contribution in [-0.4, -0.2) is 7.11 Å². The van der Waals surface area contributed by atoms with Crippen molar-refractivity contribution in [2.45, 2.75) is 13.0 Å². The Labute approximate surface area is 120 Å². The van der Waals surface area contributed by atoms with Crippen molar-refractivity contribution in [3.63, 3.8) is 0 Å². The van der Waals surface area contributed by atoms with E-state index in [-0.39, 0.29) is 11.9 Å². The van der Waals surface area contributed by atoms with Gasteiger partial charge in [0.15, 0.2) is 0 Å². The fourth-order valence-electron chi connectivity index (χ4n) is 1.81. The molecule has 2 nitrogen and oxygen atoms in total. The number of nitrogens with one attached hydrogen (secondary N) is 1. The van der Waals surface area contributed by atoms with Gasteiger partial charge in [0.25, 0.3) is 0 Å². The van der Waals surface area contributed by atoms with Gasteiger partial charge in [-0.3, -0.25) is 0 Å². The molecule has 1 atom stereocenters. The van der Waals surface area contributed by atoms with Crippen LogP contribution in [0, 0.1) is 5.82 Å². The number of rotatable bonds is 4. The molecule has 2 aromatic carbocycles. The Kier molecular flexibility index (Phi) is 4.43. The number of benzene rings is 2. The normalized spacial score (nSPS) is 12.0. The van der Waals surface area contributed by atoms with Gasteiger partial charge in [-0.1, -0.05) is 12.1 Å². The zero-order chi connectivity index (χ0) is 13.8. The summed E-state index contributed by atoms with van der Waals surface area (Å²) < 4.78 is 19.1. The number of hydrogen-bond donors (Lipinski definition) is 1. The second-order valence-electron chi connectivity index (χ2n) is 4.26. The largest absolute Gasteiger partial charge is 0.497 e. The highest BCUT2D eigenvalue weighted by Crippen LogP contribution is 2.30. The van der Waals surface area contributed by atoms with Gasteiger partial charge in [0, 0.05) is 16.6 Å². The first kappa shape index (κ1) is 13.9. The first-order valence-electron chi connectivity index (χ1n) is 5.95. The first-order valence-corrected chi connectivity index (χ1v) is 6.75. The molecule has 1 N–H and O–H groups in total. The summed E-state index contributed by atoms with van der Waals surface area (Å²) in [6.45, 7) is 2.03. The maximum atomic E-state index is 12.9. The third-order valence-corrected chi connectivity index (χ3v) is 3.61.